The first kappa shape index (κ1) is 53.8. The maximum Gasteiger partial charge on any atom is 0.254 e. The number of aliphatic hydroxyl groups is 1. The van der Waals surface area contributed by atoms with Gasteiger partial charge < -0.3 is 59.1 Å². The van der Waals surface area contributed by atoms with Crippen LogP contribution in [0.1, 0.15) is 74.6 Å². The normalized spacial score (nSPS) is 20.9. The molecule has 2 amide bonds. The van der Waals surface area contributed by atoms with Crippen molar-refractivity contribution in [2.24, 2.45) is 5.92 Å². The molecule has 3 aliphatic heterocycles. The SMILES string of the molecule is COCOc1ccccc1-c1cc(N2CC3CCC(C2)N3c2ccnc(O[C@H]3C[C@H](Oc4ccc(/C=C/COc5cc(C(C(=O)N6C[C@H](O)C[C@H]6C(=O)NCc6ccc(-c7scnc7C)cc6)C(C)C)on5)nc4)C3)c2)c(N)nn1. The number of nitrogens with two attached hydrogens (primary N) is 1. The smallest absolute Gasteiger partial charge is 0.254 e. The highest BCUT2D eigenvalue weighted by Gasteiger charge is 2.44. The number of piperazine rings is 1. The first-order valence-electron chi connectivity index (χ1n) is 27.1. The van der Waals surface area contributed by atoms with Crippen LogP contribution in [0.4, 0.5) is 17.2 Å². The van der Waals surface area contributed by atoms with Gasteiger partial charge in [-0.2, -0.15) is 0 Å². The molecule has 8 heterocycles. The number of aromatic nitrogens is 6. The van der Waals surface area contributed by atoms with Gasteiger partial charge in [-0.15, -0.1) is 21.5 Å². The molecular weight excluding hydrogens is 1040 g/mol. The summed E-state index contributed by atoms with van der Waals surface area (Å²) in [6.45, 7) is 7.97. The lowest BCUT2D eigenvalue weighted by Crippen LogP contribution is -2.54. The fraction of sp³-hybridized carbons (Fsp3) is 0.390. The number of likely N-dealkylation sites (tertiary alicyclic amines) is 1. The molecule has 1 saturated carbocycles. The predicted molar refractivity (Wildman–Crippen MR) is 301 cm³/mol. The number of anilines is 3. The zero-order chi connectivity index (χ0) is 55.3. The van der Waals surface area contributed by atoms with Gasteiger partial charge >= 0.3 is 0 Å². The minimum Gasteiger partial charge on any atom is -0.489 e. The van der Waals surface area contributed by atoms with Gasteiger partial charge in [0.2, 0.25) is 17.7 Å². The van der Waals surface area contributed by atoms with E-state index in [-0.39, 0.29) is 80.8 Å². The minimum atomic E-state index is -0.835. The number of β-amino-alcohol motifs (C(OH)–C–C–N with tert-alkyl or cyclic N) is 1. The van der Waals surface area contributed by atoms with Crippen LogP contribution in [0.5, 0.6) is 23.3 Å². The van der Waals surface area contributed by atoms with E-state index >= 15 is 0 Å². The monoisotopic (exact) mass is 1100 g/mol. The average Bonchev–Trinajstić information content (AvgIpc) is 4.31. The Morgan fingerprint density at radius 3 is 2.45 bits per heavy atom. The van der Waals surface area contributed by atoms with E-state index < -0.39 is 18.1 Å². The summed E-state index contributed by atoms with van der Waals surface area (Å²) < 4.78 is 35.1. The molecule has 4 N–H and O–H groups in total. The van der Waals surface area contributed by atoms with Crippen molar-refractivity contribution in [1.82, 2.24) is 40.5 Å². The number of pyridine rings is 2. The lowest BCUT2D eigenvalue weighted by molar-refractivity contribution is -0.141. The van der Waals surface area contributed by atoms with Gasteiger partial charge in [0.15, 0.2) is 18.4 Å². The van der Waals surface area contributed by atoms with E-state index in [4.69, 9.17) is 33.9 Å². The van der Waals surface area contributed by atoms with Crippen LogP contribution >= 0.6 is 11.3 Å². The summed E-state index contributed by atoms with van der Waals surface area (Å²) in [4.78, 5) is 48.5. The van der Waals surface area contributed by atoms with E-state index in [1.54, 1.807) is 30.7 Å². The molecule has 4 fully saturated rings. The highest BCUT2D eigenvalue weighted by Crippen LogP contribution is 2.41. The Labute approximate surface area is 467 Å². The third-order valence-electron chi connectivity index (χ3n) is 15.2. The van der Waals surface area contributed by atoms with Crippen molar-refractivity contribution in [2.45, 2.75) is 102 Å². The highest BCUT2D eigenvalue weighted by molar-refractivity contribution is 7.13. The second-order valence-electron chi connectivity index (χ2n) is 21.0. The van der Waals surface area contributed by atoms with Gasteiger partial charge in [0, 0.05) is 94.2 Å². The number of nitrogen functional groups attached to an aromatic ring is 1. The molecule has 0 spiro atoms. The second-order valence-corrected chi connectivity index (χ2v) is 21.9. The summed E-state index contributed by atoms with van der Waals surface area (Å²) in [5, 5.41) is 26.5. The molecule has 416 valence electrons. The van der Waals surface area contributed by atoms with Crippen LogP contribution in [0, 0.1) is 12.8 Å². The number of methoxy groups -OCH3 is 1. The number of aliphatic hydroxyl groups excluding tert-OH is 1. The van der Waals surface area contributed by atoms with Crippen molar-refractivity contribution < 1.29 is 42.9 Å². The highest BCUT2D eigenvalue weighted by atomic mass is 32.1. The molecule has 20 nitrogen and oxygen atoms in total. The molecule has 80 heavy (non-hydrogen) atoms. The fourth-order valence-corrected chi connectivity index (χ4v) is 12.0. The van der Waals surface area contributed by atoms with Gasteiger partial charge in [0.1, 0.15) is 42.3 Å². The number of fused-ring (bicyclic) bond motifs is 2. The molecule has 0 radical (unpaired) electrons. The molecule has 21 heteroatoms. The number of hydrogen-bond acceptors (Lipinski definition) is 19. The van der Waals surface area contributed by atoms with Crippen LogP contribution in [0.25, 0.3) is 27.8 Å². The number of carbonyl (C=O) groups is 2. The Morgan fingerprint density at radius 2 is 1.70 bits per heavy atom. The molecule has 1 aliphatic carbocycles. The van der Waals surface area contributed by atoms with E-state index in [1.807, 2.05) is 111 Å². The standard InChI is InChI=1S/C59H65N11O9S/c1-35(2)55(59(73)69-32-43(71)23-50(69)58(72)63-28-37-11-13-38(14-12-37)56-36(3)64-33-80-56)52-27-54(67-79-52)75-21-7-8-39-15-18-44(29-62-39)77-45-24-46(25-45)78-53-22-40(19-20-61-53)70-41-16-17-42(70)31-68(30-41)49-26-48(65-66-57(49)60)47-9-5-6-10-51(47)76-34-74-4/h5-15,18-20,22,26-27,29,33,35,41-43,45-46,50,55,71H,16-17,21,23-25,28,30-32,34H2,1-4H3,(H2,60,66)(H,63,72)/b8-7+/t41?,42?,43-,45-,46-,50+,55?/m1/s1. The van der Waals surface area contributed by atoms with Gasteiger partial charge in [-0.1, -0.05) is 50.2 Å². The van der Waals surface area contributed by atoms with Crippen LogP contribution < -0.4 is 39.8 Å². The van der Waals surface area contributed by atoms with Gasteiger partial charge in [-0.25, -0.2) is 9.97 Å². The van der Waals surface area contributed by atoms with Crippen molar-refractivity contribution in [3.05, 3.63) is 132 Å². The number of thiazole rings is 1. The summed E-state index contributed by atoms with van der Waals surface area (Å²) in [6, 6.07) is 26.9. The van der Waals surface area contributed by atoms with E-state index in [2.05, 4.69) is 57.6 Å². The second kappa shape index (κ2) is 24.1. The number of rotatable bonds is 21. The maximum absolute atomic E-state index is 14.1. The van der Waals surface area contributed by atoms with Crippen LogP contribution in [0.3, 0.4) is 0 Å². The summed E-state index contributed by atoms with van der Waals surface area (Å²) in [7, 11) is 1.59. The minimum absolute atomic E-state index is 0.00861. The number of benzene rings is 2. The van der Waals surface area contributed by atoms with Gasteiger partial charge in [0.05, 0.1) is 45.5 Å². The first-order valence-corrected chi connectivity index (χ1v) is 28.0. The maximum atomic E-state index is 14.1. The number of nitrogens with zero attached hydrogens (tertiary/aromatic N) is 9. The number of para-hydroxylation sites is 1. The van der Waals surface area contributed by atoms with Crippen LogP contribution in [0.2, 0.25) is 0 Å². The van der Waals surface area contributed by atoms with Crippen LogP contribution in [0.15, 0.2) is 113 Å². The third-order valence-corrected chi connectivity index (χ3v) is 16.2. The summed E-state index contributed by atoms with van der Waals surface area (Å²) in [5.41, 5.74) is 15.4. The number of nitrogens with one attached hydrogen (secondary N) is 1. The van der Waals surface area contributed by atoms with Crippen molar-refractivity contribution >= 4 is 46.4 Å². The van der Waals surface area contributed by atoms with Crippen molar-refractivity contribution in [1.29, 1.82) is 0 Å². The van der Waals surface area contributed by atoms with Crippen molar-refractivity contribution in [3.63, 3.8) is 0 Å². The average molecular weight is 1100 g/mol. The van der Waals surface area contributed by atoms with E-state index in [9.17, 15) is 14.7 Å². The van der Waals surface area contributed by atoms with Gasteiger partial charge in [-0.05, 0) is 90.5 Å². The molecule has 7 aromatic rings. The topological polar surface area (TPSA) is 239 Å². The van der Waals surface area contributed by atoms with E-state index in [1.165, 1.54) is 4.90 Å². The number of ether oxygens (including phenoxy) is 5. The lowest BCUT2D eigenvalue weighted by Gasteiger charge is -2.43. The predicted octanol–water partition coefficient (Wildman–Crippen LogP) is 7.87. The summed E-state index contributed by atoms with van der Waals surface area (Å²) in [5.74, 6) is 1.26. The quantitative estimate of drug-likeness (QED) is 0.0580. The molecular formula is C59H65N11O9S. The Balaban J connectivity index is 0.619. The Hall–Kier alpha value is -8.14. The lowest BCUT2D eigenvalue weighted by atomic mass is 9.91. The van der Waals surface area contributed by atoms with E-state index in [0.29, 0.717) is 40.3 Å². The molecule has 11 rings (SSSR count). The Bertz CT molecular complexity index is 3280. The van der Waals surface area contributed by atoms with Gasteiger partial charge in [-0.3, -0.25) is 14.6 Å². The molecule has 2 bridgehead atoms. The van der Waals surface area contributed by atoms with Crippen LogP contribution in [-0.2, 0) is 20.9 Å². The number of amides is 2. The first-order chi connectivity index (χ1) is 38.9. The van der Waals surface area contributed by atoms with Gasteiger partial charge in [0.25, 0.3) is 5.88 Å². The Kier molecular flexibility index (Phi) is 16.2. The molecule has 4 aliphatic rings. The number of carbonyl (C=O) groups excluding carboxylic acids is 2. The summed E-state index contributed by atoms with van der Waals surface area (Å²) in [6.07, 6.45) is 10.0. The number of hydrogen-bond donors (Lipinski definition) is 3. The van der Waals surface area contributed by atoms with Crippen molar-refractivity contribution in [2.75, 3.05) is 55.7 Å². The molecule has 3 unspecified atom stereocenters. The molecule has 5 atom stereocenters. The van der Waals surface area contributed by atoms with Crippen molar-refractivity contribution in [3.8, 4) is 45.0 Å². The van der Waals surface area contributed by atoms with E-state index in [0.717, 1.165) is 77.4 Å². The van der Waals surface area contributed by atoms with Crippen LogP contribution in [-0.4, -0.2) is 129 Å². The third kappa shape index (κ3) is 12.0. The largest absolute Gasteiger partial charge is 0.489 e. The molecule has 3 saturated heterocycles. The number of aryl methyl sites for hydroxylation is 1. The fourth-order valence-electron chi connectivity index (χ4n) is 11.1. The molecule has 2 aromatic carbocycles. The zero-order valence-corrected chi connectivity index (χ0v) is 45.9. The summed E-state index contributed by atoms with van der Waals surface area (Å²) >= 11 is 1.58. The molecule has 5 aromatic heterocycles. The zero-order valence-electron chi connectivity index (χ0n) is 45.1. The Morgan fingerprint density at radius 1 is 0.900 bits per heavy atom.